The van der Waals surface area contributed by atoms with Gasteiger partial charge in [0.2, 0.25) is 5.52 Å². The smallest absolute Gasteiger partial charge is 0.201 e. The van der Waals surface area contributed by atoms with Gasteiger partial charge in [-0.15, -0.1) is 0 Å². The van der Waals surface area contributed by atoms with E-state index in [1.807, 2.05) is 0 Å². The summed E-state index contributed by atoms with van der Waals surface area (Å²) in [6.45, 7) is 2.14. The molecule has 1 heterocycles. The number of rotatable bonds is 4. The molecule has 6 aromatic rings. The first-order valence-corrected chi connectivity index (χ1v) is 12.4. The predicted molar refractivity (Wildman–Crippen MR) is 152 cm³/mol. The average Bonchev–Trinajstić information content (AvgIpc) is 2.94. The van der Waals surface area contributed by atoms with Crippen LogP contribution in [0, 0.1) is 6.92 Å². The molecule has 0 aliphatic carbocycles. The van der Waals surface area contributed by atoms with E-state index in [1.165, 1.54) is 61.0 Å². The van der Waals surface area contributed by atoms with E-state index in [2.05, 4.69) is 152 Å². The van der Waals surface area contributed by atoms with Crippen molar-refractivity contribution in [1.82, 2.24) is 0 Å². The van der Waals surface area contributed by atoms with Crippen LogP contribution in [0.2, 0.25) is 0 Å². The third kappa shape index (κ3) is 3.99. The highest BCUT2D eigenvalue weighted by molar-refractivity contribution is 6.04. The van der Waals surface area contributed by atoms with E-state index in [0.29, 0.717) is 0 Å². The summed E-state index contributed by atoms with van der Waals surface area (Å²) in [4.78, 5) is 0. The number of hydrogen-bond acceptors (Lipinski definition) is 0. The Balaban J connectivity index is 1.75. The minimum atomic E-state index is 1.22. The molecule has 0 bridgehead atoms. The lowest BCUT2D eigenvalue weighted by atomic mass is 9.84. The molecule has 0 atom stereocenters. The fourth-order valence-electron chi connectivity index (χ4n) is 5.12. The molecule has 6 rings (SSSR count). The Bertz CT molecular complexity index is 1600. The van der Waals surface area contributed by atoms with Crippen molar-refractivity contribution in [1.29, 1.82) is 0 Å². The molecule has 0 amide bonds. The quantitative estimate of drug-likeness (QED) is 0.231. The standard InChI is InChI=1S/C35H28N/c1-25-17-19-26(20-18-25)29-23-32(27-11-5-3-6-12-27)35(33(24-29)28-13-7-4-8-14-28)31-21-22-36(2)34-16-10-9-15-30(31)34/h3-24H,1-2H3/q+1. The van der Waals surface area contributed by atoms with Crippen LogP contribution < -0.4 is 4.57 Å². The molecule has 36 heavy (non-hydrogen) atoms. The van der Waals surface area contributed by atoms with E-state index in [4.69, 9.17) is 0 Å². The van der Waals surface area contributed by atoms with E-state index in [1.54, 1.807) is 0 Å². The second-order valence-electron chi connectivity index (χ2n) is 9.40. The first-order valence-electron chi connectivity index (χ1n) is 12.4. The molecular weight excluding hydrogens is 434 g/mol. The summed E-state index contributed by atoms with van der Waals surface area (Å²) in [5, 5.41) is 1.25. The highest BCUT2D eigenvalue weighted by atomic mass is 14.9. The molecule has 5 aromatic carbocycles. The van der Waals surface area contributed by atoms with E-state index in [9.17, 15) is 0 Å². The van der Waals surface area contributed by atoms with Crippen LogP contribution in [-0.2, 0) is 7.05 Å². The van der Waals surface area contributed by atoms with Crippen LogP contribution in [0.3, 0.4) is 0 Å². The first-order chi connectivity index (χ1) is 17.7. The SMILES string of the molecule is Cc1ccc(-c2cc(-c3ccccc3)c(-c3cc[n+](C)c4ccccc34)c(-c3ccccc3)c2)cc1. The van der Waals surface area contributed by atoms with Crippen LogP contribution in [0.15, 0.2) is 134 Å². The van der Waals surface area contributed by atoms with Crippen LogP contribution in [0.25, 0.3) is 55.4 Å². The third-order valence-electron chi connectivity index (χ3n) is 7.00. The highest BCUT2D eigenvalue weighted by Gasteiger charge is 2.20. The van der Waals surface area contributed by atoms with Gasteiger partial charge in [0.25, 0.3) is 0 Å². The summed E-state index contributed by atoms with van der Waals surface area (Å²) in [6, 6.07) is 46.1. The molecule has 0 aliphatic rings. The van der Waals surface area contributed by atoms with Crippen LogP contribution in [0.5, 0.6) is 0 Å². The molecule has 1 heteroatoms. The fourth-order valence-corrected chi connectivity index (χ4v) is 5.12. The van der Waals surface area contributed by atoms with Crippen LogP contribution in [0.4, 0.5) is 0 Å². The number of pyridine rings is 1. The van der Waals surface area contributed by atoms with Crippen molar-refractivity contribution in [3.63, 3.8) is 0 Å². The topological polar surface area (TPSA) is 3.88 Å². The molecule has 1 nitrogen and oxygen atoms in total. The van der Waals surface area contributed by atoms with Crippen molar-refractivity contribution >= 4 is 10.9 Å². The Morgan fingerprint density at radius 3 is 1.64 bits per heavy atom. The average molecular weight is 463 g/mol. The summed E-state index contributed by atoms with van der Waals surface area (Å²) in [6.07, 6.45) is 2.18. The zero-order valence-electron chi connectivity index (χ0n) is 20.6. The summed E-state index contributed by atoms with van der Waals surface area (Å²) in [5.74, 6) is 0. The zero-order chi connectivity index (χ0) is 24.5. The third-order valence-corrected chi connectivity index (χ3v) is 7.00. The van der Waals surface area contributed by atoms with Gasteiger partial charge < -0.3 is 0 Å². The first kappa shape index (κ1) is 22.0. The Morgan fingerprint density at radius 1 is 0.472 bits per heavy atom. The molecule has 0 unspecified atom stereocenters. The monoisotopic (exact) mass is 462 g/mol. The van der Waals surface area contributed by atoms with Gasteiger partial charge in [0.1, 0.15) is 7.05 Å². The van der Waals surface area contributed by atoms with Gasteiger partial charge in [-0.05, 0) is 64.1 Å². The molecule has 0 spiro atoms. The maximum Gasteiger partial charge on any atom is 0.212 e. The maximum atomic E-state index is 2.36. The number of nitrogens with zero attached hydrogens (tertiary/aromatic N) is 1. The number of aryl methyl sites for hydroxylation is 2. The molecular formula is C35H28N+. The van der Waals surface area contributed by atoms with Gasteiger partial charge in [-0.3, -0.25) is 0 Å². The van der Waals surface area contributed by atoms with Crippen molar-refractivity contribution in [3.8, 4) is 44.5 Å². The predicted octanol–water partition coefficient (Wildman–Crippen LogP) is 8.64. The molecule has 0 aliphatic heterocycles. The van der Waals surface area contributed by atoms with Crippen LogP contribution in [0.1, 0.15) is 5.56 Å². The molecule has 0 N–H and O–H groups in total. The van der Waals surface area contributed by atoms with Crippen LogP contribution in [-0.4, -0.2) is 0 Å². The summed E-state index contributed by atoms with van der Waals surface area (Å²) < 4.78 is 2.20. The van der Waals surface area contributed by atoms with E-state index < -0.39 is 0 Å². The van der Waals surface area contributed by atoms with Gasteiger partial charge in [0.05, 0.1) is 5.39 Å². The number of hydrogen-bond donors (Lipinski definition) is 0. The molecule has 1 aromatic heterocycles. The van der Waals surface area contributed by atoms with Gasteiger partial charge >= 0.3 is 0 Å². The maximum absolute atomic E-state index is 2.36. The van der Waals surface area contributed by atoms with Crippen molar-refractivity contribution < 1.29 is 4.57 Å². The normalized spacial score (nSPS) is 11.1. The molecule has 172 valence electrons. The van der Waals surface area contributed by atoms with Crippen molar-refractivity contribution in [2.24, 2.45) is 7.05 Å². The van der Waals surface area contributed by atoms with Crippen molar-refractivity contribution in [2.45, 2.75) is 6.92 Å². The number of fused-ring (bicyclic) bond motifs is 1. The minimum absolute atomic E-state index is 1.22. The largest absolute Gasteiger partial charge is 0.212 e. The summed E-state index contributed by atoms with van der Waals surface area (Å²) in [5.41, 5.74) is 12.4. The summed E-state index contributed by atoms with van der Waals surface area (Å²) in [7, 11) is 2.11. The Kier molecular flexibility index (Phi) is 5.67. The molecule has 0 radical (unpaired) electrons. The van der Waals surface area contributed by atoms with E-state index >= 15 is 0 Å². The number of benzene rings is 5. The lowest BCUT2D eigenvalue weighted by molar-refractivity contribution is -0.644. The van der Waals surface area contributed by atoms with E-state index in [0.717, 1.165) is 0 Å². The van der Waals surface area contributed by atoms with E-state index in [-0.39, 0.29) is 0 Å². The molecule has 0 saturated heterocycles. The zero-order valence-corrected chi connectivity index (χ0v) is 20.6. The second-order valence-corrected chi connectivity index (χ2v) is 9.40. The fraction of sp³-hybridized carbons (Fsp3) is 0.0571. The number of para-hydroxylation sites is 1. The Hall–Kier alpha value is -4.49. The highest BCUT2D eigenvalue weighted by Crippen LogP contribution is 2.44. The summed E-state index contributed by atoms with van der Waals surface area (Å²) >= 11 is 0. The molecule has 0 fully saturated rings. The second kappa shape index (κ2) is 9.28. The Morgan fingerprint density at radius 2 is 1.03 bits per heavy atom. The van der Waals surface area contributed by atoms with Gasteiger partial charge in [0, 0.05) is 17.7 Å². The lowest BCUT2D eigenvalue weighted by Crippen LogP contribution is -2.28. The van der Waals surface area contributed by atoms with Gasteiger partial charge in [-0.2, -0.15) is 0 Å². The Labute approximate surface area is 213 Å². The van der Waals surface area contributed by atoms with Gasteiger partial charge in [-0.1, -0.05) is 103 Å². The van der Waals surface area contributed by atoms with Gasteiger partial charge in [0.15, 0.2) is 6.20 Å². The molecule has 0 saturated carbocycles. The van der Waals surface area contributed by atoms with Crippen molar-refractivity contribution in [2.75, 3.05) is 0 Å². The van der Waals surface area contributed by atoms with Gasteiger partial charge in [-0.25, -0.2) is 4.57 Å². The minimum Gasteiger partial charge on any atom is -0.201 e. The lowest BCUT2D eigenvalue weighted by Gasteiger charge is -2.20. The van der Waals surface area contributed by atoms with Crippen LogP contribution >= 0.6 is 0 Å². The number of aromatic nitrogens is 1. The van der Waals surface area contributed by atoms with Crippen molar-refractivity contribution in [3.05, 3.63) is 139 Å².